The van der Waals surface area contributed by atoms with Gasteiger partial charge in [-0.05, 0) is 19.3 Å². The van der Waals surface area contributed by atoms with Crippen LogP contribution in [-0.2, 0) is 4.79 Å². The lowest BCUT2D eigenvalue weighted by Crippen LogP contribution is -1.84. The van der Waals surface area contributed by atoms with Gasteiger partial charge >= 0.3 is 5.97 Å². The molecule has 0 aliphatic heterocycles. The Balaban J connectivity index is 3.40. The van der Waals surface area contributed by atoms with Crippen molar-refractivity contribution in [2.45, 2.75) is 32.6 Å². The highest BCUT2D eigenvalue weighted by Crippen LogP contribution is 1.96. The van der Waals surface area contributed by atoms with Gasteiger partial charge < -0.3 is 5.11 Å². The Bertz CT molecular complexity index is 224. The molecule has 0 amide bonds. The maximum atomic E-state index is 10.1. The molecule has 2 nitrogen and oxygen atoms in total. The first kappa shape index (κ1) is 12.7. The van der Waals surface area contributed by atoms with Crippen molar-refractivity contribution in [3.8, 4) is 0 Å². The molecule has 0 heterocycles. The molecular weight excluding hydrogens is 176 g/mol. The number of rotatable bonds is 7. The summed E-state index contributed by atoms with van der Waals surface area (Å²) in [5.41, 5.74) is 0. The summed E-state index contributed by atoms with van der Waals surface area (Å²) in [5.74, 6) is -0.905. The van der Waals surface area contributed by atoms with Crippen LogP contribution in [0.3, 0.4) is 0 Å². The Labute approximate surface area is 85.6 Å². The molecule has 0 aromatic rings. The molecule has 0 rings (SSSR count). The van der Waals surface area contributed by atoms with Gasteiger partial charge in [-0.15, -0.1) is 0 Å². The molecule has 0 radical (unpaired) electrons. The second-order valence-corrected chi connectivity index (χ2v) is 2.96. The molecule has 14 heavy (non-hydrogen) atoms. The van der Waals surface area contributed by atoms with Crippen LogP contribution < -0.4 is 0 Å². The van der Waals surface area contributed by atoms with Gasteiger partial charge in [0.2, 0.25) is 0 Å². The fourth-order valence-electron chi connectivity index (χ4n) is 0.907. The fourth-order valence-corrected chi connectivity index (χ4v) is 0.907. The summed E-state index contributed by atoms with van der Waals surface area (Å²) in [6.45, 7) is 2.15. The van der Waals surface area contributed by atoms with Gasteiger partial charge in [0.15, 0.2) is 0 Å². The third kappa shape index (κ3) is 10.7. The van der Waals surface area contributed by atoms with Crippen LogP contribution in [0, 0.1) is 0 Å². The minimum Gasteiger partial charge on any atom is -0.478 e. The Hall–Kier alpha value is -1.31. The summed E-state index contributed by atoms with van der Waals surface area (Å²) in [6, 6.07) is 0. The first-order chi connectivity index (χ1) is 6.77. The van der Waals surface area contributed by atoms with Gasteiger partial charge in [-0.25, -0.2) is 4.79 Å². The van der Waals surface area contributed by atoms with Crippen molar-refractivity contribution >= 4 is 5.97 Å². The molecule has 0 aromatic carbocycles. The Morgan fingerprint density at radius 2 is 1.71 bits per heavy atom. The van der Waals surface area contributed by atoms with Crippen LogP contribution in [0.2, 0.25) is 0 Å². The van der Waals surface area contributed by atoms with Crippen LogP contribution in [0.25, 0.3) is 0 Å². The molecule has 0 spiro atoms. The minimum absolute atomic E-state index is 0.905. The van der Waals surface area contributed by atoms with E-state index in [1.807, 2.05) is 6.08 Å². The normalized spacial score (nSPS) is 12.1. The van der Waals surface area contributed by atoms with E-state index >= 15 is 0 Å². The highest BCUT2D eigenvalue weighted by atomic mass is 16.4. The summed E-state index contributed by atoms with van der Waals surface area (Å²) in [7, 11) is 0. The lowest BCUT2D eigenvalue weighted by Gasteiger charge is -1.86. The second kappa shape index (κ2) is 9.78. The average molecular weight is 194 g/mol. The smallest absolute Gasteiger partial charge is 0.328 e. The summed E-state index contributed by atoms with van der Waals surface area (Å²) in [4.78, 5) is 10.1. The standard InChI is InChI=1S/C12H18O2/c1-2-3-4-5-6-7-8-9-10-11-12(13)14/h4-5,8-11H,2-3,6-7H2,1H3,(H,13,14)/b5-4-,9-8+,11-10+. The van der Waals surface area contributed by atoms with Crippen molar-refractivity contribution in [3.63, 3.8) is 0 Å². The van der Waals surface area contributed by atoms with E-state index in [0.29, 0.717) is 0 Å². The molecule has 2 heteroatoms. The quantitative estimate of drug-likeness (QED) is 0.292. The summed E-state index contributed by atoms with van der Waals surface area (Å²) >= 11 is 0. The minimum atomic E-state index is -0.905. The number of carboxylic acid groups (broad SMARTS) is 1. The first-order valence-electron chi connectivity index (χ1n) is 4.98. The maximum absolute atomic E-state index is 10.1. The first-order valence-corrected chi connectivity index (χ1v) is 4.98. The highest BCUT2D eigenvalue weighted by Gasteiger charge is 1.80. The highest BCUT2D eigenvalue weighted by molar-refractivity contribution is 5.80. The van der Waals surface area contributed by atoms with E-state index in [1.54, 1.807) is 6.08 Å². The van der Waals surface area contributed by atoms with E-state index in [1.165, 1.54) is 12.5 Å². The number of hydrogen-bond acceptors (Lipinski definition) is 1. The van der Waals surface area contributed by atoms with E-state index in [0.717, 1.165) is 25.3 Å². The predicted molar refractivity (Wildman–Crippen MR) is 59.2 cm³/mol. The van der Waals surface area contributed by atoms with Crippen LogP contribution in [-0.4, -0.2) is 11.1 Å². The van der Waals surface area contributed by atoms with Crippen LogP contribution in [0.5, 0.6) is 0 Å². The Morgan fingerprint density at radius 3 is 2.36 bits per heavy atom. The van der Waals surface area contributed by atoms with Gasteiger partial charge in [0.05, 0.1) is 0 Å². The summed E-state index contributed by atoms with van der Waals surface area (Å²) in [5, 5.41) is 8.28. The predicted octanol–water partition coefficient (Wildman–Crippen LogP) is 3.32. The summed E-state index contributed by atoms with van der Waals surface area (Å²) in [6.07, 6.45) is 15.1. The zero-order chi connectivity index (χ0) is 10.6. The number of carboxylic acids is 1. The number of hydrogen-bond donors (Lipinski definition) is 1. The van der Waals surface area contributed by atoms with Crippen molar-refractivity contribution < 1.29 is 9.90 Å². The molecule has 78 valence electrons. The molecule has 0 saturated heterocycles. The number of unbranched alkanes of at least 4 members (excludes halogenated alkanes) is 2. The van der Waals surface area contributed by atoms with Crippen molar-refractivity contribution in [2.75, 3.05) is 0 Å². The second-order valence-electron chi connectivity index (χ2n) is 2.96. The topological polar surface area (TPSA) is 37.3 Å². The van der Waals surface area contributed by atoms with Crippen LogP contribution in [0.15, 0.2) is 36.5 Å². The average Bonchev–Trinajstić information content (AvgIpc) is 2.15. The van der Waals surface area contributed by atoms with Gasteiger partial charge in [0, 0.05) is 6.08 Å². The SMILES string of the molecule is CCC/C=C\CC/C=C/C=C/C(=O)O. The third-order valence-corrected chi connectivity index (χ3v) is 1.61. The van der Waals surface area contributed by atoms with Crippen molar-refractivity contribution in [1.82, 2.24) is 0 Å². The van der Waals surface area contributed by atoms with Gasteiger partial charge in [-0.3, -0.25) is 0 Å². The molecule has 0 aliphatic carbocycles. The van der Waals surface area contributed by atoms with Crippen molar-refractivity contribution in [3.05, 3.63) is 36.5 Å². The van der Waals surface area contributed by atoms with Gasteiger partial charge in [-0.2, -0.15) is 0 Å². The van der Waals surface area contributed by atoms with Crippen LogP contribution >= 0.6 is 0 Å². The summed E-state index contributed by atoms with van der Waals surface area (Å²) < 4.78 is 0. The van der Waals surface area contributed by atoms with E-state index < -0.39 is 5.97 Å². The number of allylic oxidation sites excluding steroid dienone is 5. The lowest BCUT2D eigenvalue weighted by molar-refractivity contribution is -0.131. The lowest BCUT2D eigenvalue weighted by atomic mass is 10.2. The molecule has 0 saturated carbocycles. The molecular formula is C12H18O2. The molecule has 0 aromatic heterocycles. The van der Waals surface area contributed by atoms with Crippen molar-refractivity contribution in [1.29, 1.82) is 0 Å². The molecule has 1 N–H and O–H groups in total. The molecule has 0 bridgehead atoms. The molecule has 0 fully saturated rings. The zero-order valence-electron chi connectivity index (χ0n) is 8.65. The Morgan fingerprint density at radius 1 is 1.07 bits per heavy atom. The number of aliphatic carboxylic acids is 1. The van der Waals surface area contributed by atoms with E-state index in [2.05, 4.69) is 19.1 Å². The van der Waals surface area contributed by atoms with E-state index in [9.17, 15) is 4.79 Å². The third-order valence-electron chi connectivity index (χ3n) is 1.61. The van der Waals surface area contributed by atoms with Crippen molar-refractivity contribution in [2.24, 2.45) is 0 Å². The zero-order valence-corrected chi connectivity index (χ0v) is 8.65. The molecule has 0 aliphatic rings. The van der Waals surface area contributed by atoms with Gasteiger partial charge in [0.25, 0.3) is 0 Å². The fraction of sp³-hybridized carbons (Fsp3) is 0.417. The Kier molecular flexibility index (Phi) is 8.86. The largest absolute Gasteiger partial charge is 0.478 e. The maximum Gasteiger partial charge on any atom is 0.328 e. The van der Waals surface area contributed by atoms with Crippen LogP contribution in [0.1, 0.15) is 32.6 Å². The molecule has 0 atom stereocenters. The number of carbonyl (C=O) groups is 1. The van der Waals surface area contributed by atoms with E-state index in [4.69, 9.17) is 5.11 Å². The van der Waals surface area contributed by atoms with E-state index in [-0.39, 0.29) is 0 Å². The molecule has 0 unspecified atom stereocenters. The monoisotopic (exact) mass is 194 g/mol. The van der Waals surface area contributed by atoms with Gasteiger partial charge in [-0.1, -0.05) is 43.7 Å². The van der Waals surface area contributed by atoms with Gasteiger partial charge in [0.1, 0.15) is 0 Å². The van der Waals surface area contributed by atoms with Crippen LogP contribution in [0.4, 0.5) is 0 Å².